The van der Waals surface area contributed by atoms with E-state index in [0.717, 1.165) is 0 Å². The number of amides is 1. The van der Waals surface area contributed by atoms with Crippen LogP contribution in [0.2, 0.25) is 0 Å². The van der Waals surface area contributed by atoms with Gasteiger partial charge in [0.1, 0.15) is 4.90 Å². The third kappa shape index (κ3) is 4.75. The van der Waals surface area contributed by atoms with Crippen LogP contribution >= 0.6 is 15.9 Å². The van der Waals surface area contributed by atoms with Crippen LogP contribution in [-0.4, -0.2) is 80.3 Å². The van der Waals surface area contributed by atoms with Gasteiger partial charge in [0.15, 0.2) is 5.88 Å². The van der Waals surface area contributed by atoms with Crippen LogP contribution in [0.4, 0.5) is 0 Å². The van der Waals surface area contributed by atoms with Crippen molar-refractivity contribution in [1.29, 1.82) is 0 Å². The number of halogens is 1. The number of H-pyrrole nitrogens is 1. The van der Waals surface area contributed by atoms with Crippen LogP contribution in [0.1, 0.15) is 10.4 Å². The molecule has 0 unspecified atom stereocenters. The van der Waals surface area contributed by atoms with Gasteiger partial charge in [-0.25, -0.2) is 8.42 Å². The van der Waals surface area contributed by atoms with E-state index in [1.807, 2.05) is 0 Å². The first-order valence-electron chi connectivity index (χ1n) is 10.2. The molecule has 33 heavy (non-hydrogen) atoms. The molecule has 1 fully saturated rings. The van der Waals surface area contributed by atoms with Gasteiger partial charge in [-0.15, -0.1) is 0 Å². The van der Waals surface area contributed by atoms with Crippen LogP contribution in [0, 0.1) is 0 Å². The van der Waals surface area contributed by atoms with E-state index in [0.29, 0.717) is 58.6 Å². The largest absolute Gasteiger partial charge is 0.494 e. The van der Waals surface area contributed by atoms with Gasteiger partial charge in [0.25, 0.3) is 5.91 Å². The lowest BCUT2D eigenvalue weighted by molar-refractivity contribution is 0.0730. The number of fused-ring (bicyclic) bond motifs is 1. The molecule has 3 aromatic rings. The summed E-state index contributed by atoms with van der Waals surface area (Å²) in [5.74, 6) is -0.433. The first-order valence-corrected chi connectivity index (χ1v) is 12.4. The average Bonchev–Trinajstić information content (AvgIpc) is 3.13. The molecule has 1 aromatic carbocycles. The number of benzene rings is 1. The Morgan fingerprint density at radius 2 is 2.09 bits per heavy atom. The lowest BCUT2D eigenvalue weighted by Crippen LogP contribution is -2.40. The van der Waals surface area contributed by atoms with Crippen molar-refractivity contribution in [1.82, 2.24) is 19.6 Å². The van der Waals surface area contributed by atoms with E-state index in [-0.39, 0.29) is 29.8 Å². The van der Waals surface area contributed by atoms with Crippen LogP contribution in [0.25, 0.3) is 22.2 Å². The highest BCUT2D eigenvalue weighted by molar-refractivity contribution is 9.10. The number of aromatic hydroxyl groups is 1. The molecule has 4 rings (SSSR count). The number of morpholine rings is 1. The van der Waals surface area contributed by atoms with E-state index in [4.69, 9.17) is 9.47 Å². The van der Waals surface area contributed by atoms with Gasteiger partial charge >= 0.3 is 0 Å². The van der Waals surface area contributed by atoms with Crippen molar-refractivity contribution in [2.24, 2.45) is 0 Å². The second-order valence-electron chi connectivity index (χ2n) is 7.37. The van der Waals surface area contributed by atoms with Gasteiger partial charge in [-0.1, -0.05) is 0 Å². The number of nitrogens with one attached hydrogen (secondary N) is 2. The second kappa shape index (κ2) is 9.77. The van der Waals surface area contributed by atoms with Crippen LogP contribution < -0.4 is 5.32 Å². The van der Waals surface area contributed by atoms with Gasteiger partial charge in [0.2, 0.25) is 10.0 Å². The fraction of sp³-hybridized carbons (Fsp3) is 0.333. The van der Waals surface area contributed by atoms with E-state index in [1.165, 1.54) is 22.6 Å². The predicted molar refractivity (Wildman–Crippen MR) is 125 cm³/mol. The summed E-state index contributed by atoms with van der Waals surface area (Å²) in [7, 11) is -2.13. The van der Waals surface area contributed by atoms with Crippen molar-refractivity contribution in [3.05, 3.63) is 40.5 Å². The number of aromatic nitrogens is 2. The number of ether oxygens (including phenoxy) is 2. The Hall–Kier alpha value is -2.51. The number of sulfonamides is 1. The van der Waals surface area contributed by atoms with Crippen molar-refractivity contribution in [2.45, 2.75) is 4.90 Å². The Labute approximate surface area is 199 Å². The summed E-state index contributed by atoms with van der Waals surface area (Å²) in [6.45, 7) is 2.02. The van der Waals surface area contributed by atoms with E-state index in [1.54, 1.807) is 19.2 Å². The molecule has 0 saturated carbocycles. The van der Waals surface area contributed by atoms with Crippen LogP contribution in [0.15, 0.2) is 39.8 Å². The Bertz CT molecular complexity index is 1270. The van der Waals surface area contributed by atoms with Crippen molar-refractivity contribution in [3.63, 3.8) is 0 Å². The van der Waals surface area contributed by atoms with Crippen molar-refractivity contribution >= 4 is 42.8 Å². The predicted octanol–water partition coefficient (Wildman–Crippen LogP) is 2.10. The Morgan fingerprint density at radius 1 is 1.33 bits per heavy atom. The summed E-state index contributed by atoms with van der Waals surface area (Å²) in [5.41, 5.74) is 1.71. The molecule has 2 aromatic heterocycles. The van der Waals surface area contributed by atoms with Crippen LogP contribution in [0.5, 0.6) is 5.88 Å². The fourth-order valence-electron chi connectivity index (χ4n) is 3.61. The Balaban J connectivity index is 1.68. The number of carbonyl (C=O) groups excluding carboxylic acids is 1. The van der Waals surface area contributed by atoms with E-state index >= 15 is 0 Å². The van der Waals surface area contributed by atoms with Crippen molar-refractivity contribution < 1.29 is 27.8 Å². The van der Waals surface area contributed by atoms with Crippen molar-refractivity contribution in [3.8, 4) is 17.1 Å². The highest BCUT2D eigenvalue weighted by atomic mass is 79.9. The monoisotopic (exact) mass is 538 g/mol. The fourth-order valence-corrected chi connectivity index (χ4v) is 5.49. The number of hydrogen-bond donors (Lipinski definition) is 3. The Morgan fingerprint density at radius 3 is 2.76 bits per heavy atom. The minimum atomic E-state index is -3.68. The highest BCUT2D eigenvalue weighted by Gasteiger charge is 2.27. The van der Waals surface area contributed by atoms with Gasteiger partial charge in [0, 0.05) is 42.8 Å². The highest BCUT2D eigenvalue weighted by Crippen LogP contribution is 2.38. The van der Waals surface area contributed by atoms with Gasteiger partial charge in [-0.3, -0.25) is 9.78 Å². The van der Waals surface area contributed by atoms with E-state index in [2.05, 4.69) is 31.2 Å². The number of pyridine rings is 1. The van der Waals surface area contributed by atoms with Crippen molar-refractivity contribution in [2.75, 3.05) is 46.6 Å². The summed E-state index contributed by atoms with van der Waals surface area (Å²) >= 11 is 3.40. The van der Waals surface area contributed by atoms with Crippen LogP contribution in [0.3, 0.4) is 0 Å². The molecular formula is C21H23BrN4O6S. The third-order valence-corrected chi connectivity index (χ3v) is 7.84. The average molecular weight is 539 g/mol. The number of rotatable bonds is 7. The summed E-state index contributed by atoms with van der Waals surface area (Å²) in [5, 5.41) is 13.9. The van der Waals surface area contributed by atoms with Crippen LogP contribution in [-0.2, 0) is 19.5 Å². The van der Waals surface area contributed by atoms with Gasteiger partial charge in [0.05, 0.1) is 42.2 Å². The summed E-state index contributed by atoms with van der Waals surface area (Å²) < 4.78 is 37.8. The number of carbonyl (C=O) groups is 1. The Kier molecular flexibility index (Phi) is 7.00. The molecule has 12 heteroatoms. The quantitative estimate of drug-likeness (QED) is 0.392. The van der Waals surface area contributed by atoms with E-state index in [9.17, 15) is 18.3 Å². The molecule has 1 aliphatic heterocycles. The third-order valence-electron chi connectivity index (χ3n) is 5.30. The standard InChI is InChI=1S/C21H23BrN4O6S/c1-31-7-4-23-20(27)14-10-15-18(11-16(14)22)25-21(28)19(15)17-3-2-13(12-24-17)33(29,30)26-5-8-32-9-6-26/h2-3,10-12,25,28H,4-9H2,1H3,(H,23,27). The summed E-state index contributed by atoms with van der Waals surface area (Å²) in [6, 6.07) is 6.34. The molecule has 1 amide bonds. The molecule has 1 saturated heterocycles. The number of hydrogen-bond acceptors (Lipinski definition) is 7. The molecule has 0 aliphatic carbocycles. The molecule has 176 valence electrons. The lowest BCUT2D eigenvalue weighted by Gasteiger charge is -2.25. The minimum absolute atomic E-state index is 0.0634. The molecule has 0 bridgehead atoms. The second-order valence-corrected chi connectivity index (χ2v) is 10.2. The molecular weight excluding hydrogens is 516 g/mol. The number of aromatic amines is 1. The molecule has 1 aliphatic rings. The first-order chi connectivity index (χ1) is 15.8. The van der Waals surface area contributed by atoms with Gasteiger partial charge in [-0.05, 0) is 40.2 Å². The zero-order valence-corrected chi connectivity index (χ0v) is 20.2. The number of methoxy groups -OCH3 is 1. The van der Waals surface area contributed by atoms with Gasteiger partial charge < -0.3 is 24.9 Å². The minimum Gasteiger partial charge on any atom is -0.494 e. The molecule has 10 nitrogen and oxygen atoms in total. The topological polar surface area (TPSA) is 134 Å². The van der Waals surface area contributed by atoms with Gasteiger partial charge in [-0.2, -0.15) is 4.31 Å². The SMILES string of the molecule is COCCNC(=O)c1cc2c(-c3ccc(S(=O)(=O)N4CCOCC4)cn3)c(O)[nH]c2cc1Br. The maximum atomic E-state index is 12.8. The van der Waals surface area contributed by atoms with E-state index < -0.39 is 10.0 Å². The zero-order valence-electron chi connectivity index (χ0n) is 17.8. The maximum Gasteiger partial charge on any atom is 0.252 e. The smallest absolute Gasteiger partial charge is 0.252 e. The summed E-state index contributed by atoms with van der Waals surface area (Å²) in [6.07, 6.45) is 1.27. The molecule has 3 heterocycles. The first kappa shape index (κ1) is 23.6. The normalized spacial score (nSPS) is 15.1. The number of nitrogens with zero attached hydrogens (tertiary/aromatic N) is 2. The summed E-state index contributed by atoms with van der Waals surface area (Å²) in [4.78, 5) is 19.8. The maximum absolute atomic E-state index is 12.8. The molecule has 3 N–H and O–H groups in total. The zero-order chi connectivity index (χ0) is 23.6. The lowest BCUT2D eigenvalue weighted by atomic mass is 10.1. The molecule has 0 atom stereocenters. The molecule has 0 spiro atoms. The molecule has 0 radical (unpaired) electrons.